The fourth-order valence-electron chi connectivity index (χ4n) is 1.59. The van der Waals surface area contributed by atoms with E-state index in [2.05, 4.69) is 4.74 Å². The van der Waals surface area contributed by atoms with Crippen molar-refractivity contribution < 1.29 is 14.3 Å². The van der Waals surface area contributed by atoms with E-state index < -0.39 is 5.97 Å². The first kappa shape index (κ1) is 16.2. The van der Waals surface area contributed by atoms with Gasteiger partial charge in [0.25, 0.3) is 0 Å². The summed E-state index contributed by atoms with van der Waals surface area (Å²) in [5.41, 5.74) is 0.827. The molecule has 20 heavy (non-hydrogen) atoms. The summed E-state index contributed by atoms with van der Waals surface area (Å²) in [6.07, 6.45) is 3.09. The topological polar surface area (TPSA) is 46.6 Å². The summed E-state index contributed by atoms with van der Waals surface area (Å²) in [6.45, 7) is 3.62. The molecule has 0 aliphatic heterocycles. The van der Waals surface area contributed by atoms with Crippen molar-refractivity contribution in [1.29, 1.82) is 0 Å². The van der Waals surface area contributed by atoms with Gasteiger partial charge in [0, 0.05) is 17.1 Å². The Morgan fingerprint density at radius 3 is 2.65 bits per heavy atom. The summed E-state index contributed by atoms with van der Waals surface area (Å²) in [5.74, 6) is -0.686. The Hall–Kier alpha value is -1.81. The van der Waals surface area contributed by atoms with E-state index in [0.29, 0.717) is 5.02 Å². The Morgan fingerprint density at radius 1 is 1.40 bits per heavy atom. The number of nitrogens with zero attached hydrogens (tertiary/aromatic N) is 1. The third-order valence-electron chi connectivity index (χ3n) is 2.70. The molecule has 0 aliphatic carbocycles. The van der Waals surface area contributed by atoms with Gasteiger partial charge < -0.3 is 9.64 Å². The average molecular weight is 296 g/mol. The Morgan fingerprint density at radius 2 is 2.10 bits per heavy atom. The summed E-state index contributed by atoms with van der Waals surface area (Å²) in [6, 6.07) is 7.08. The van der Waals surface area contributed by atoms with E-state index in [1.165, 1.54) is 18.1 Å². The van der Waals surface area contributed by atoms with Crippen LogP contribution in [0.4, 0.5) is 0 Å². The van der Waals surface area contributed by atoms with E-state index in [-0.39, 0.29) is 18.5 Å². The van der Waals surface area contributed by atoms with Crippen LogP contribution in [0.3, 0.4) is 0 Å². The fourth-order valence-corrected chi connectivity index (χ4v) is 1.79. The molecular formula is C15H18ClNO3. The lowest BCUT2D eigenvalue weighted by Gasteiger charge is -2.24. The number of carbonyl (C=O) groups excluding carboxylic acids is 2. The SMILES string of the molecule is COC(=O)CN(C(=O)/C=C/c1cccc(Cl)c1)C(C)C. The third-order valence-corrected chi connectivity index (χ3v) is 2.94. The number of halogens is 1. The van der Waals surface area contributed by atoms with E-state index in [0.717, 1.165) is 5.56 Å². The van der Waals surface area contributed by atoms with Gasteiger partial charge >= 0.3 is 5.97 Å². The molecule has 108 valence electrons. The van der Waals surface area contributed by atoms with Gasteiger partial charge in [-0.3, -0.25) is 9.59 Å². The van der Waals surface area contributed by atoms with Crippen LogP contribution >= 0.6 is 11.6 Å². The molecule has 0 aromatic heterocycles. The number of methoxy groups -OCH3 is 1. The highest BCUT2D eigenvalue weighted by atomic mass is 35.5. The van der Waals surface area contributed by atoms with Gasteiger partial charge in [0.2, 0.25) is 5.91 Å². The average Bonchev–Trinajstić information content (AvgIpc) is 2.41. The molecule has 0 unspecified atom stereocenters. The molecule has 0 fully saturated rings. The van der Waals surface area contributed by atoms with Gasteiger partial charge in [-0.1, -0.05) is 23.7 Å². The first-order chi connectivity index (χ1) is 9.43. The summed E-state index contributed by atoms with van der Waals surface area (Å²) < 4.78 is 4.59. The van der Waals surface area contributed by atoms with Gasteiger partial charge in [0.15, 0.2) is 0 Å². The Kier molecular flexibility index (Phi) is 6.25. The van der Waals surface area contributed by atoms with Gasteiger partial charge in [-0.05, 0) is 37.6 Å². The van der Waals surface area contributed by atoms with Crippen molar-refractivity contribution in [2.45, 2.75) is 19.9 Å². The van der Waals surface area contributed by atoms with Crippen molar-refractivity contribution in [1.82, 2.24) is 4.90 Å². The van der Waals surface area contributed by atoms with Crippen LogP contribution in [0, 0.1) is 0 Å². The van der Waals surface area contributed by atoms with E-state index in [1.54, 1.807) is 24.3 Å². The minimum absolute atomic E-state index is 0.0626. The Balaban J connectivity index is 2.78. The van der Waals surface area contributed by atoms with Crippen LogP contribution in [0.15, 0.2) is 30.3 Å². The number of rotatable bonds is 5. The zero-order chi connectivity index (χ0) is 15.1. The van der Waals surface area contributed by atoms with Crippen molar-refractivity contribution in [3.8, 4) is 0 Å². The lowest BCUT2D eigenvalue weighted by atomic mass is 10.2. The van der Waals surface area contributed by atoms with Crippen LogP contribution in [0.1, 0.15) is 19.4 Å². The van der Waals surface area contributed by atoms with Crippen LogP contribution in [0.25, 0.3) is 6.08 Å². The molecule has 0 heterocycles. The van der Waals surface area contributed by atoms with Crippen molar-refractivity contribution in [2.24, 2.45) is 0 Å². The van der Waals surface area contributed by atoms with E-state index in [4.69, 9.17) is 11.6 Å². The highest BCUT2D eigenvalue weighted by Crippen LogP contribution is 2.12. The molecule has 0 spiro atoms. The Bertz CT molecular complexity index is 512. The number of ether oxygens (including phenoxy) is 1. The quantitative estimate of drug-likeness (QED) is 0.620. The second kappa shape index (κ2) is 7.70. The van der Waals surface area contributed by atoms with E-state index in [1.807, 2.05) is 19.9 Å². The van der Waals surface area contributed by atoms with Gasteiger partial charge in [-0.15, -0.1) is 0 Å². The standard InChI is InChI=1S/C15H18ClNO3/c1-11(2)17(10-15(19)20-3)14(18)8-7-12-5-4-6-13(16)9-12/h4-9,11H,10H2,1-3H3/b8-7+. The first-order valence-electron chi connectivity index (χ1n) is 6.25. The van der Waals surface area contributed by atoms with Crippen LogP contribution in [-0.4, -0.2) is 36.5 Å². The highest BCUT2D eigenvalue weighted by molar-refractivity contribution is 6.30. The summed E-state index contributed by atoms with van der Waals surface area (Å²) >= 11 is 5.87. The molecule has 0 saturated carbocycles. The summed E-state index contributed by atoms with van der Waals surface area (Å²) in [7, 11) is 1.30. The molecule has 1 aromatic rings. The molecule has 1 aromatic carbocycles. The lowest BCUT2D eigenvalue weighted by Crippen LogP contribution is -2.40. The molecule has 0 radical (unpaired) electrons. The minimum Gasteiger partial charge on any atom is -0.468 e. The smallest absolute Gasteiger partial charge is 0.325 e. The maximum atomic E-state index is 12.1. The number of amides is 1. The van der Waals surface area contributed by atoms with Crippen molar-refractivity contribution >= 4 is 29.6 Å². The number of benzene rings is 1. The molecule has 0 bridgehead atoms. The number of hydrogen-bond acceptors (Lipinski definition) is 3. The molecule has 4 nitrogen and oxygen atoms in total. The second-order valence-electron chi connectivity index (χ2n) is 4.52. The monoisotopic (exact) mass is 295 g/mol. The van der Waals surface area contributed by atoms with Crippen LogP contribution < -0.4 is 0 Å². The predicted molar refractivity (Wildman–Crippen MR) is 79.4 cm³/mol. The predicted octanol–water partition coefficient (Wildman–Crippen LogP) is 2.76. The van der Waals surface area contributed by atoms with Crippen LogP contribution in [0.2, 0.25) is 5.02 Å². The number of hydrogen-bond donors (Lipinski definition) is 0. The first-order valence-corrected chi connectivity index (χ1v) is 6.63. The van der Waals surface area contributed by atoms with Gasteiger partial charge in [-0.25, -0.2) is 0 Å². The molecule has 0 saturated heterocycles. The Labute approximate surface area is 124 Å². The van der Waals surface area contributed by atoms with Gasteiger partial charge in [-0.2, -0.15) is 0 Å². The fraction of sp³-hybridized carbons (Fsp3) is 0.333. The van der Waals surface area contributed by atoms with Crippen LogP contribution in [-0.2, 0) is 14.3 Å². The molecule has 1 amide bonds. The maximum Gasteiger partial charge on any atom is 0.325 e. The largest absolute Gasteiger partial charge is 0.468 e. The summed E-state index contributed by atoms with van der Waals surface area (Å²) in [5, 5.41) is 0.606. The van der Waals surface area contributed by atoms with Crippen molar-refractivity contribution in [3.05, 3.63) is 40.9 Å². The van der Waals surface area contributed by atoms with Crippen molar-refractivity contribution in [3.63, 3.8) is 0 Å². The molecular weight excluding hydrogens is 278 g/mol. The zero-order valence-electron chi connectivity index (χ0n) is 11.8. The lowest BCUT2D eigenvalue weighted by molar-refractivity contribution is -0.146. The normalized spacial score (nSPS) is 10.8. The van der Waals surface area contributed by atoms with Gasteiger partial charge in [0.05, 0.1) is 7.11 Å². The third kappa shape index (κ3) is 5.05. The minimum atomic E-state index is -0.441. The van der Waals surface area contributed by atoms with Crippen LogP contribution in [0.5, 0.6) is 0 Å². The molecule has 0 aliphatic rings. The number of esters is 1. The highest BCUT2D eigenvalue weighted by Gasteiger charge is 2.18. The molecule has 0 atom stereocenters. The summed E-state index contributed by atoms with van der Waals surface area (Å²) in [4.78, 5) is 24.8. The zero-order valence-corrected chi connectivity index (χ0v) is 12.6. The molecule has 0 N–H and O–H groups in total. The maximum absolute atomic E-state index is 12.1. The van der Waals surface area contributed by atoms with Gasteiger partial charge in [0.1, 0.15) is 6.54 Å². The molecule has 1 rings (SSSR count). The van der Waals surface area contributed by atoms with E-state index in [9.17, 15) is 9.59 Å². The molecule has 5 heteroatoms. The second-order valence-corrected chi connectivity index (χ2v) is 4.96. The van der Waals surface area contributed by atoms with E-state index >= 15 is 0 Å². The number of carbonyl (C=O) groups is 2. The van der Waals surface area contributed by atoms with Crippen molar-refractivity contribution in [2.75, 3.05) is 13.7 Å².